The van der Waals surface area contributed by atoms with Gasteiger partial charge in [-0.1, -0.05) is 49.6 Å². The van der Waals surface area contributed by atoms with Crippen LogP contribution in [0.3, 0.4) is 0 Å². The minimum Gasteiger partial charge on any atom is -0.351 e. The molecule has 6 nitrogen and oxygen atoms in total. The van der Waals surface area contributed by atoms with Crippen LogP contribution < -0.4 is 5.32 Å². The van der Waals surface area contributed by atoms with Crippen LogP contribution in [0.5, 0.6) is 0 Å². The molecule has 1 heterocycles. The molecule has 6 heteroatoms. The van der Waals surface area contributed by atoms with Crippen molar-refractivity contribution in [2.24, 2.45) is 5.41 Å². The molecule has 1 unspecified atom stereocenters. The largest absolute Gasteiger partial charge is 0.351 e. The molecule has 1 N–H and O–H groups in total. The number of carbonyl (C=O) groups excluding carboxylic acids is 1. The van der Waals surface area contributed by atoms with Crippen molar-refractivity contribution in [1.29, 1.82) is 0 Å². The van der Waals surface area contributed by atoms with E-state index in [4.69, 9.17) is 0 Å². The summed E-state index contributed by atoms with van der Waals surface area (Å²) in [5.74, 6) is 0.531. The average Bonchev–Trinajstić information content (AvgIpc) is 3.01. The highest BCUT2D eigenvalue weighted by Gasteiger charge is 2.54. The Bertz CT molecular complexity index is 690. The lowest BCUT2D eigenvalue weighted by Crippen LogP contribution is -2.33. The maximum absolute atomic E-state index is 12.2. The lowest BCUT2D eigenvalue weighted by Gasteiger charge is -2.22. The third kappa shape index (κ3) is 2.98. The second-order valence-electron chi connectivity index (χ2n) is 6.76. The number of nitrogens with zero attached hydrogens (tertiary/aromatic N) is 4. The van der Waals surface area contributed by atoms with Gasteiger partial charge in [0.25, 0.3) is 0 Å². The van der Waals surface area contributed by atoms with Gasteiger partial charge in [-0.3, -0.25) is 4.79 Å². The summed E-state index contributed by atoms with van der Waals surface area (Å²) in [6, 6.07) is 10.0. The smallest absolute Gasteiger partial charge is 0.243 e. The molecule has 0 aliphatic heterocycles. The van der Waals surface area contributed by atoms with E-state index in [1.54, 1.807) is 0 Å². The maximum Gasteiger partial charge on any atom is 0.243 e. The molecule has 2 aliphatic carbocycles. The maximum atomic E-state index is 12.2. The quantitative estimate of drug-likeness (QED) is 0.939. The summed E-state index contributed by atoms with van der Waals surface area (Å²) in [6.07, 6.45) is 7.61. The Kier molecular flexibility index (Phi) is 3.59. The first-order chi connectivity index (χ1) is 11.3. The molecule has 2 saturated carbocycles. The predicted octanol–water partition coefficient (Wildman–Crippen LogP) is 2.18. The molecular weight excluding hydrogens is 290 g/mol. The summed E-state index contributed by atoms with van der Waals surface area (Å²) in [5.41, 5.74) is 1.31. The fourth-order valence-corrected chi connectivity index (χ4v) is 3.74. The van der Waals surface area contributed by atoms with E-state index in [-0.39, 0.29) is 12.5 Å². The van der Waals surface area contributed by atoms with Crippen molar-refractivity contribution in [1.82, 2.24) is 25.5 Å². The highest BCUT2D eigenvalue weighted by Crippen LogP contribution is 2.56. The van der Waals surface area contributed by atoms with Crippen LogP contribution >= 0.6 is 0 Å². The predicted molar refractivity (Wildman–Crippen MR) is 85.3 cm³/mol. The molecule has 1 amide bonds. The van der Waals surface area contributed by atoms with Crippen LogP contribution in [0.4, 0.5) is 0 Å². The molecular formula is C17H21N5O. The highest BCUT2D eigenvalue weighted by atomic mass is 16.2. The number of hydrogen-bond donors (Lipinski definition) is 1. The van der Waals surface area contributed by atoms with Gasteiger partial charge < -0.3 is 5.32 Å². The lowest BCUT2D eigenvalue weighted by atomic mass is 9.86. The van der Waals surface area contributed by atoms with Gasteiger partial charge in [-0.2, -0.15) is 4.80 Å². The van der Waals surface area contributed by atoms with Gasteiger partial charge in [0.05, 0.1) is 0 Å². The zero-order valence-corrected chi connectivity index (χ0v) is 13.1. The molecule has 2 aliphatic rings. The van der Waals surface area contributed by atoms with Gasteiger partial charge in [-0.05, 0) is 29.9 Å². The van der Waals surface area contributed by atoms with Crippen molar-refractivity contribution >= 4 is 5.91 Å². The summed E-state index contributed by atoms with van der Waals surface area (Å²) in [5, 5.41) is 15.4. The monoisotopic (exact) mass is 311 g/mol. The van der Waals surface area contributed by atoms with Crippen LogP contribution in [0.25, 0.3) is 11.4 Å². The number of carbonyl (C=O) groups is 1. The van der Waals surface area contributed by atoms with Crippen LogP contribution in [0.15, 0.2) is 30.3 Å². The van der Waals surface area contributed by atoms with Crippen LogP contribution in [-0.2, 0) is 11.3 Å². The number of amides is 1. The first-order valence-corrected chi connectivity index (χ1v) is 8.38. The van der Waals surface area contributed by atoms with Crippen LogP contribution in [0.2, 0.25) is 0 Å². The Morgan fingerprint density at radius 3 is 2.78 bits per heavy atom. The van der Waals surface area contributed by atoms with Gasteiger partial charge in [0.1, 0.15) is 6.54 Å². The molecule has 120 valence electrons. The van der Waals surface area contributed by atoms with Crippen LogP contribution in [0, 0.1) is 5.41 Å². The molecule has 1 spiro atoms. The molecule has 1 aromatic heterocycles. The van der Waals surface area contributed by atoms with Gasteiger partial charge in [0.2, 0.25) is 11.7 Å². The van der Waals surface area contributed by atoms with Crippen molar-refractivity contribution < 1.29 is 4.79 Å². The number of rotatable bonds is 4. The fourth-order valence-electron chi connectivity index (χ4n) is 3.74. The Balaban J connectivity index is 1.34. The zero-order valence-electron chi connectivity index (χ0n) is 13.1. The molecule has 1 aromatic carbocycles. The number of hydrogen-bond acceptors (Lipinski definition) is 4. The minimum absolute atomic E-state index is 0.0190. The fraction of sp³-hybridized carbons (Fsp3) is 0.529. The van der Waals surface area contributed by atoms with E-state index in [1.807, 2.05) is 30.3 Å². The summed E-state index contributed by atoms with van der Waals surface area (Å²) in [4.78, 5) is 13.6. The summed E-state index contributed by atoms with van der Waals surface area (Å²) < 4.78 is 0. The van der Waals surface area contributed by atoms with E-state index in [0.717, 1.165) is 12.0 Å². The van der Waals surface area contributed by atoms with Gasteiger partial charge in [0, 0.05) is 11.6 Å². The van der Waals surface area contributed by atoms with Crippen molar-refractivity contribution in [3.8, 4) is 11.4 Å². The van der Waals surface area contributed by atoms with Crippen molar-refractivity contribution in [3.63, 3.8) is 0 Å². The molecule has 0 radical (unpaired) electrons. The first kappa shape index (κ1) is 14.4. The van der Waals surface area contributed by atoms with Gasteiger partial charge >= 0.3 is 0 Å². The highest BCUT2D eigenvalue weighted by molar-refractivity contribution is 5.76. The number of aromatic nitrogens is 4. The van der Waals surface area contributed by atoms with Crippen LogP contribution in [-0.4, -0.2) is 32.2 Å². The van der Waals surface area contributed by atoms with Crippen molar-refractivity contribution in [3.05, 3.63) is 30.3 Å². The van der Waals surface area contributed by atoms with E-state index in [1.165, 1.54) is 36.9 Å². The van der Waals surface area contributed by atoms with Crippen molar-refractivity contribution in [2.75, 3.05) is 0 Å². The SMILES string of the molecule is O=C(Cn1nnc(-c2ccccc2)n1)NC1CC12CCCCC2. The summed E-state index contributed by atoms with van der Waals surface area (Å²) in [6.45, 7) is 0.131. The summed E-state index contributed by atoms with van der Waals surface area (Å²) >= 11 is 0. The van der Waals surface area contributed by atoms with E-state index < -0.39 is 0 Å². The van der Waals surface area contributed by atoms with E-state index in [9.17, 15) is 4.79 Å². The Labute approximate surface area is 135 Å². The average molecular weight is 311 g/mol. The molecule has 2 fully saturated rings. The van der Waals surface area contributed by atoms with E-state index in [2.05, 4.69) is 20.7 Å². The third-order valence-corrected chi connectivity index (χ3v) is 5.14. The molecule has 1 atom stereocenters. The summed E-state index contributed by atoms with van der Waals surface area (Å²) in [7, 11) is 0. The zero-order chi connectivity index (χ0) is 15.7. The van der Waals surface area contributed by atoms with Gasteiger partial charge in [-0.25, -0.2) is 0 Å². The Hall–Kier alpha value is -2.24. The van der Waals surface area contributed by atoms with E-state index in [0.29, 0.717) is 17.3 Å². The lowest BCUT2D eigenvalue weighted by molar-refractivity contribution is -0.122. The Morgan fingerprint density at radius 2 is 2.00 bits per heavy atom. The standard InChI is InChI=1S/C17H21N5O/c23-15(18-14-11-17(14)9-5-2-6-10-17)12-22-20-16(19-21-22)13-7-3-1-4-8-13/h1,3-4,7-8,14H,2,5-6,9-12H2,(H,18,23). The van der Waals surface area contributed by atoms with Crippen molar-refractivity contribution in [2.45, 2.75) is 51.1 Å². The number of nitrogens with one attached hydrogen (secondary N) is 1. The normalized spacial score (nSPS) is 22.0. The first-order valence-electron chi connectivity index (χ1n) is 8.38. The molecule has 2 aromatic rings. The molecule has 23 heavy (non-hydrogen) atoms. The second-order valence-corrected chi connectivity index (χ2v) is 6.76. The molecule has 0 bridgehead atoms. The number of benzene rings is 1. The van der Waals surface area contributed by atoms with Gasteiger partial charge in [-0.15, -0.1) is 10.2 Å². The molecule has 0 saturated heterocycles. The number of tetrazole rings is 1. The van der Waals surface area contributed by atoms with Gasteiger partial charge in [0.15, 0.2) is 0 Å². The third-order valence-electron chi connectivity index (χ3n) is 5.14. The Morgan fingerprint density at radius 1 is 1.22 bits per heavy atom. The second kappa shape index (κ2) is 5.76. The topological polar surface area (TPSA) is 72.7 Å². The van der Waals surface area contributed by atoms with E-state index >= 15 is 0 Å². The van der Waals surface area contributed by atoms with Crippen LogP contribution in [0.1, 0.15) is 38.5 Å². The molecule has 4 rings (SSSR count). The minimum atomic E-state index is -0.0190.